The van der Waals surface area contributed by atoms with Crippen molar-refractivity contribution in [3.05, 3.63) is 86.3 Å². The molecule has 3 rings (SSSR count). The maximum Gasteiger partial charge on any atom is 0.251 e. The van der Waals surface area contributed by atoms with Gasteiger partial charge in [-0.1, -0.05) is 12.1 Å². The molecule has 3 aromatic rings. The molecule has 0 radical (unpaired) electrons. The van der Waals surface area contributed by atoms with E-state index in [0.717, 1.165) is 10.4 Å². The van der Waals surface area contributed by atoms with E-state index in [1.807, 2.05) is 17.5 Å². The number of sulfonamides is 1. The number of carbonyl (C=O) groups excluding carboxylic acids is 1. The highest BCUT2D eigenvalue weighted by Gasteiger charge is 2.15. The molecule has 0 saturated carbocycles. The lowest BCUT2D eigenvalue weighted by atomic mass is 10.1. The lowest BCUT2D eigenvalue weighted by Crippen LogP contribution is -2.26. The van der Waals surface area contributed by atoms with Gasteiger partial charge in [-0.05, 0) is 75.8 Å². The Morgan fingerprint density at radius 2 is 1.86 bits per heavy atom. The van der Waals surface area contributed by atoms with Gasteiger partial charge >= 0.3 is 0 Å². The first-order valence-corrected chi connectivity index (χ1v) is 11.8. The number of rotatable bonds is 8. The highest BCUT2D eigenvalue weighted by atomic mass is 79.9. The topological polar surface area (TPSA) is 75.3 Å². The normalized spacial score (nSPS) is 11.4. The lowest BCUT2D eigenvalue weighted by molar-refractivity contribution is 0.0954. The number of hydrogen-bond acceptors (Lipinski definition) is 4. The van der Waals surface area contributed by atoms with E-state index in [2.05, 4.69) is 26.0 Å². The first-order chi connectivity index (χ1) is 13.8. The molecule has 0 aliphatic carbocycles. The molecule has 1 aromatic heterocycles. The molecular formula is C20H18BrFN2O3S2. The molecule has 0 aliphatic heterocycles. The summed E-state index contributed by atoms with van der Waals surface area (Å²) in [7, 11) is -3.65. The Kier molecular flexibility index (Phi) is 7.18. The number of halogens is 2. The highest BCUT2D eigenvalue weighted by molar-refractivity contribution is 9.10. The zero-order valence-electron chi connectivity index (χ0n) is 15.2. The van der Waals surface area contributed by atoms with E-state index in [-0.39, 0.29) is 23.2 Å². The van der Waals surface area contributed by atoms with Gasteiger partial charge in [-0.15, -0.1) is 11.3 Å². The van der Waals surface area contributed by atoms with Crippen molar-refractivity contribution in [2.24, 2.45) is 0 Å². The molecule has 0 atom stereocenters. The van der Waals surface area contributed by atoms with Gasteiger partial charge in [0.1, 0.15) is 5.82 Å². The van der Waals surface area contributed by atoms with Crippen LogP contribution in [0, 0.1) is 5.82 Å². The smallest absolute Gasteiger partial charge is 0.251 e. The summed E-state index contributed by atoms with van der Waals surface area (Å²) < 4.78 is 40.9. The summed E-state index contributed by atoms with van der Waals surface area (Å²) in [5, 5.41) is 4.65. The van der Waals surface area contributed by atoms with Crippen molar-refractivity contribution in [1.82, 2.24) is 10.0 Å². The van der Waals surface area contributed by atoms with Crippen LogP contribution in [0.4, 0.5) is 4.39 Å². The number of thiophene rings is 1. The largest absolute Gasteiger partial charge is 0.352 e. The number of benzene rings is 2. The molecule has 0 bridgehead atoms. The van der Waals surface area contributed by atoms with E-state index in [1.54, 1.807) is 12.1 Å². The molecule has 2 aromatic carbocycles. The van der Waals surface area contributed by atoms with Crippen LogP contribution < -0.4 is 10.0 Å². The standard InChI is InChI=1S/C20H18BrFN2O3S2/c21-18-12-14(3-8-19(18)22)9-10-23-20(25)15-4-6-17(7-5-15)29(26,27)24-13-16-2-1-11-28-16/h1-8,11-12,24H,9-10,13H2,(H,23,25). The maximum atomic E-state index is 13.2. The molecule has 2 N–H and O–H groups in total. The number of carbonyl (C=O) groups is 1. The quantitative estimate of drug-likeness (QED) is 0.492. The second-order valence-electron chi connectivity index (χ2n) is 6.18. The minimum atomic E-state index is -3.65. The van der Waals surface area contributed by atoms with E-state index >= 15 is 0 Å². The zero-order chi connectivity index (χ0) is 20.9. The summed E-state index contributed by atoms with van der Waals surface area (Å²) in [6, 6.07) is 14.2. The van der Waals surface area contributed by atoms with Crippen molar-refractivity contribution in [2.75, 3.05) is 6.54 Å². The van der Waals surface area contributed by atoms with E-state index in [1.165, 1.54) is 41.7 Å². The molecule has 152 valence electrons. The van der Waals surface area contributed by atoms with Gasteiger partial charge in [0.2, 0.25) is 10.0 Å². The van der Waals surface area contributed by atoms with Crippen LogP contribution in [0.3, 0.4) is 0 Å². The average molecular weight is 497 g/mol. The van der Waals surface area contributed by atoms with Crippen molar-refractivity contribution in [3.63, 3.8) is 0 Å². The zero-order valence-corrected chi connectivity index (χ0v) is 18.4. The monoisotopic (exact) mass is 496 g/mol. The third kappa shape index (κ3) is 5.96. The van der Waals surface area contributed by atoms with Gasteiger partial charge in [0.05, 0.1) is 9.37 Å². The van der Waals surface area contributed by atoms with Gasteiger partial charge in [-0.2, -0.15) is 0 Å². The Morgan fingerprint density at radius 3 is 2.52 bits per heavy atom. The van der Waals surface area contributed by atoms with E-state index in [9.17, 15) is 17.6 Å². The maximum absolute atomic E-state index is 13.2. The Bertz CT molecular complexity index is 1090. The molecule has 5 nitrogen and oxygen atoms in total. The molecule has 1 heterocycles. The summed E-state index contributed by atoms with van der Waals surface area (Å²) in [5.74, 6) is -0.639. The molecular weight excluding hydrogens is 479 g/mol. The van der Waals surface area contributed by atoms with Gasteiger partial charge in [-0.3, -0.25) is 4.79 Å². The Labute approximate surface area is 181 Å². The second kappa shape index (κ2) is 9.62. The van der Waals surface area contributed by atoms with Gasteiger partial charge in [0.15, 0.2) is 0 Å². The summed E-state index contributed by atoms with van der Waals surface area (Å²) in [4.78, 5) is 13.3. The fraction of sp³-hybridized carbons (Fsp3) is 0.150. The summed E-state index contributed by atoms with van der Waals surface area (Å²) in [6.07, 6.45) is 0.545. The van der Waals surface area contributed by atoms with Crippen molar-refractivity contribution in [1.29, 1.82) is 0 Å². The first-order valence-electron chi connectivity index (χ1n) is 8.69. The van der Waals surface area contributed by atoms with Crippen LogP contribution in [0.25, 0.3) is 0 Å². The van der Waals surface area contributed by atoms with E-state index in [4.69, 9.17) is 0 Å². The predicted octanol–water partition coefficient (Wildman–Crippen LogP) is 4.10. The molecule has 9 heteroatoms. The molecule has 0 fully saturated rings. The SMILES string of the molecule is O=C(NCCc1ccc(F)c(Br)c1)c1ccc(S(=O)(=O)NCc2cccs2)cc1. The molecule has 29 heavy (non-hydrogen) atoms. The fourth-order valence-electron chi connectivity index (χ4n) is 2.57. The van der Waals surface area contributed by atoms with Crippen LogP contribution in [0.5, 0.6) is 0 Å². The van der Waals surface area contributed by atoms with Crippen molar-refractivity contribution in [3.8, 4) is 0 Å². The molecule has 0 unspecified atom stereocenters. The predicted molar refractivity (Wildman–Crippen MR) is 115 cm³/mol. The molecule has 1 amide bonds. The second-order valence-corrected chi connectivity index (χ2v) is 9.84. The first kappa shape index (κ1) is 21.6. The van der Waals surface area contributed by atoms with Gasteiger partial charge in [-0.25, -0.2) is 17.5 Å². The van der Waals surface area contributed by atoms with Crippen LogP contribution >= 0.6 is 27.3 Å². The summed E-state index contributed by atoms with van der Waals surface area (Å²) >= 11 is 4.60. The minimum absolute atomic E-state index is 0.0989. The summed E-state index contributed by atoms with van der Waals surface area (Å²) in [5.41, 5.74) is 1.25. The molecule has 0 saturated heterocycles. The van der Waals surface area contributed by atoms with Crippen LogP contribution in [0.1, 0.15) is 20.8 Å². The van der Waals surface area contributed by atoms with Gasteiger partial charge in [0.25, 0.3) is 5.91 Å². The van der Waals surface area contributed by atoms with E-state index in [0.29, 0.717) is 23.0 Å². The van der Waals surface area contributed by atoms with E-state index < -0.39 is 10.0 Å². The Balaban J connectivity index is 1.54. The van der Waals surface area contributed by atoms with Crippen LogP contribution in [0.2, 0.25) is 0 Å². The minimum Gasteiger partial charge on any atom is -0.352 e. The third-order valence-electron chi connectivity index (χ3n) is 4.13. The number of nitrogens with one attached hydrogen (secondary N) is 2. The molecule has 0 aliphatic rings. The van der Waals surface area contributed by atoms with Crippen molar-refractivity contribution < 1.29 is 17.6 Å². The average Bonchev–Trinajstić information content (AvgIpc) is 3.23. The Hall–Kier alpha value is -2.07. The van der Waals surface area contributed by atoms with Crippen molar-refractivity contribution in [2.45, 2.75) is 17.9 Å². The van der Waals surface area contributed by atoms with Crippen LogP contribution in [-0.2, 0) is 23.0 Å². The van der Waals surface area contributed by atoms with Crippen LogP contribution in [0.15, 0.2) is 69.3 Å². The third-order valence-corrected chi connectivity index (χ3v) is 7.03. The highest BCUT2D eigenvalue weighted by Crippen LogP contribution is 2.17. The number of amides is 1. The van der Waals surface area contributed by atoms with Gasteiger partial charge in [0, 0.05) is 23.5 Å². The number of hydrogen-bond donors (Lipinski definition) is 2. The Morgan fingerprint density at radius 1 is 1.10 bits per heavy atom. The summed E-state index contributed by atoms with van der Waals surface area (Å²) in [6.45, 7) is 0.598. The van der Waals surface area contributed by atoms with Gasteiger partial charge < -0.3 is 5.32 Å². The van der Waals surface area contributed by atoms with Crippen molar-refractivity contribution >= 4 is 43.2 Å². The fourth-order valence-corrected chi connectivity index (χ4v) is 4.73. The lowest BCUT2D eigenvalue weighted by Gasteiger charge is -2.08. The molecule has 0 spiro atoms. The van der Waals surface area contributed by atoms with Crippen LogP contribution in [-0.4, -0.2) is 20.9 Å².